The Labute approximate surface area is 210 Å². The number of aryl methyl sites for hydroxylation is 1. The third-order valence-corrected chi connectivity index (χ3v) is 6.42. The number of rotatable bonds is 5. The molecule has 2 atom stereocenters. The van der Waals surface area contributed by atoms with Gasteiger partial charge >= 0.3 is 0 Å². The Kier molecular flexibility index (Phi) is 6.55. The molecule has 5 rings (SSSR count). The summed E-state index contributed by atoms with van der Waals surface area (Å²) in [7, 11) is 1.62. The van der Waals surface area contributed by atoms with Crippen LogP contribution in [0.2, 0.25) is 10.0 Å². The van der Waals surface area contributed by atoms with Crippen LogP contribution in [0.5, 0.6) is 5.75 Å². The minimum atomic E-state index is -1.06. The third-order valence-electron chi connectivity index (χ3n) is 5.79. The van der Waals surface area contributed by atoms with Gasteiger partial charge in [-0.3, -0.25) is 9.36 Å². The molecule has 8 nitrogen and oxygen atoms in total. The van der Waals surface area contributed by atoms with Gasteiger partial charge < -0.3 is 15.4 Å². The second-order valence-electron chi connectivity index (χ2n) is 8.16. The van der Waals surface area contributed by atoms with Crippen LogP contribution in [-0.2, 0) is 7.05 Å². The molecule has 2 unspecified atom stereocenters. The predicted octanol–water partition coefficient (Wildman–Crippen LogP) is 4.52. The Morgan fingerprint density at radius 1 is 1.17 bits per heavy atom. The first kappa shape index (κ1) is 23.5. The lowest BCUT2D eigenvalue weighted by Gasteiger charge is -2.27. The fraction of sp³-hybridized carbons (Fsp3) is 0.250. The molecule has 1 aliphatic rings. The standard InChI is InChI=1S/C24H21Cl2FN6O2/c1-33-22-13(9-15(23(33)34)21-16(25)3-2-4-17(21)26)10-30-24(32-22)31-20-6-5-14(11-29-20)35-19-7-8-28-12-18(19)27/h2-6,9-11,18-19,28H,7-8,12H2,1H3,(H,29,30,31,32). The number of piperidine rings is 1. The number of ether oxygens (including phenoxy) is 1. The van der Waals surface area contributed by atoms with E-state index in [1.807, 2.05) is 0 Å². The lowest BCUT2D eigenvalue weighted by molar-refractivity contribution is 0.0729. The van der Waals surface area contributed by atoms with Gasteiger partial charge in [0.2, 0.25) is 5.95 Å². The van der Waals surface area contributed by atoms with E-state index in [1.165, 1.54) is 10.8 Å². The number of nitrogens with one attached hydrogen (secondary N) is 2. The van der Waals surface area contributed by atoms with Crippen molar-refractivity contribution < 1.29 is 9.13 Å². The molecule has 0 radical (unpaired) electrons. The van der Waals surface area contributed by atoms with Crippen LogP contribution in [-0.4, -0.2) is 44.9 Å². The van der Waals surface area contributed by atoms with E-state index < -0.39 is 12.3 Å². The van der Waals surface area contributed by atoms with Crippen LogP contribution in [0, 0.1) is 0 Å². The van der Waals surface area contributed by atoms with E-state index in [0.29, 0.717) is 56.7 Å². The zero-order valence-electron chi connectivity index (χ0n) is 18.6. The molecule has 4 heterocycles. The van der Waals surface area contributed by atoms with Crippen LogP contribution in [0.25, 0.3) is 22.2 Å². The second kappa shape index (κ2) is 9.77. The van der Waals surface area contributed by atoms with Crippen LogP contribution >= 0.6 is 23.2 Å². The zero-order valence-corrected chi connectivity index (χ0v) is 20.1. The molecule has 11 heteroatoms. The Morgan fingerprint density at radius 3 is 2.69 bits per heavy atom. The molecule has 0 amide bonds. The summed E-state index contributed by atoms with van der Waals surface area (Å²) in [6.45, 7) is 0.999. The normalized spacial score (nSPS) is 17.9. The van der Waals surface area contributed by atoms with Crippen LogP contribution in [0.1, 0.15) is 6.42 Å². The number of anilines is 2. The molecule has 1 fully saturated rings. The summed E-state index contributed by atoms with van der Waals surface area (Å²) < 4.78 is 21.1. The third kappa shape index (κ3) is 4.80. The SMILES string of the molecule is Cn1c(=O)c(-c2c(Cl)cccc2Cl)cc2cnc(Nc3ccc(OC4CCNCC4F)cn3)nc21. The molecule has 3 aromatic heterocycles. The van der Waals surface area contributed by atoms with Crippen molar-refractivity contribution in [3.63, 3.8) is 0 Å². The maximum absolute atomic E-state index is 14.0. The largest absolute Gasteiger partial charge is 0.486 e. The molecule has 0 saturated carbocycles. The first-order chi connectivity index (χ1) is 16.9. The van der Waals surface area contributed by atoms with Crippen LogP contribution in [0.15, 0.2) is 53.6 Å². The Bertz CT molecular complexity index is 1430. The lowest BCUT2D eigenvalue weighted by atomic mass is 10.1. The number of hydrogen-bond donors (Lipinski definition) is 2. The van der Waals surface area contributed by atoms with Crippen molar-refractivity contribution in [2.45, 2.75) is 18.7 Å². The van der Waals surface area contributed by atoms with Crippen molar-refractivity contribution >= 4 is 46.0 Å². The minimum Gasteiger partial charge on any atom is -0.486 e. The summed E-state index contributed by atoms with van der Waals surface area (Å²) >= 11 is 12.6. The Morgan fingerprint density at radius 2 is 1.97 bits per heavy atom. The summed E-state index contributed by atoms with van der Waals surface area (Å²) in [5, 5.41) is 7.42. The lowest BCUT2D eigenvalue weighted by Crippen LogP contribution is -2.44. The maximum atomic E-state index is 14.0. The highest BCUT2D eigenvalue weighted by Gasteiger charge is 2.26. The molecule has 35 heavy (non-hydrogen) atoms. The average Bonchev–Trinajstić information content (AvgIpc) is 2.85. The van der Waals surface area contributed by atoms with Crippen molar-refractivity contribution in [3.05, 3.63) is 69.2 Å². The zero-order chi connectivity index (χ0) is 24.5. The van der Waals surface area contributed by atoms with Gasteiger partial charge in [-0.1, -0.05) is 29.3 Å². The number of nitrogens with zero attached hydrogens (tertiary/aromatic N) is 4. The van der Waals surface area contributed by atoms with Gasteiger partial charge in [0, 0.05) is 30.7 Å². The molecule has 1 aliphatic heterocycles. The fourth-order valence-corrected chi connectivity index (χ4v) is 4.58. The summed E-state index contributed by atoms with van der Waals surface area (Å²) in [5.74, 6) is 1.22. The second-order valence-corrected chi connectivity index (χ2v) is 8.98. The number of hydrogen-bond acceptors (Lipinski definition) is 7. The van der Waals surface area contributed by atoms with Crippen molar-refractivity contribution in [2.75, 3.05) is 18.4 Å². The van der Waals surface area contributed by atoms with E-state index in [0.717, 1.165) is 0 Å². The number of pyridine rings is 2. The van der Waals surface area contributed by atoms with E-state index in [4.69, 9.17) is 27.9 Å². The van der Waals surface area contributed by atoms with E-state index >= 15 is 0 Å². The maximum Gasteiger partial charge on any atom is 0.259 e. The topological polar surface area (TPSA) is 94.0 Å². The number of halogens is 3. The summed E-state index contributed by atoms with van der Waals surface area (Å²) in [4.78, 5) is 26.2. The van der Waals surface area contributed by atoms with Gasteiger partial charge in [0.1, 0.15) is 29.5 Å². The molecule has 0 bridgehead atoms. The average molecular weight is 515 g/mol. The first-order valence-corrected chi connectivity index (χ1v) is 11.7. The quantitative estimate of drug-likeness (QED) is 0.404. The van der Waals surface area contributed by atoms with E-state index in [9.17, 15) is 9.18 Å². The van der Waals surface area contributed by atoms with Crippen molar-refractivity contribution in [3.8, 4) is 16.9 Å². The van der Waals surface area contributed by atoms with Crippen LogP contribution in [0.4, 0.5) is 16.2 Å². The summed E-state index contributed by atoms with van der Waals surface area (Å²) in [6, 6.07) is 10.2. The molecule has 0 aliphatic carbocycles. The number of benzene rings is 1. The minimum absolute atomic E-state index is 0.263. The number of fused-ring (bicyclic) bond motifs is 1. The fourth-order valence-electron chi connectivity index (χ4n) is 3.98. The molecular formula is C24H21Cl2FN6O2. The Hall–Kier alpha value is -3.27. The smallest absolute Gasteiger partial charge is 0.259 e. The Balaban J connectivity index is 1.39. The van der Waals surface area contributed by atoms with Gasteiger partial charge in [-0.25, -0.2) is 14.4 Å². The molecule has 2 N–H and O–H groups in total. The van der Waals surface area contributed by atoms with Crippen molar-refractivity contribution in [1.82, 2.24) is 24.8 Å². The predicted molar refractivity (Wildman–Crippen MR) is 135 cm³/mol. The van der Waals surface area contributed by atoms with Crippen LogP contribution < -0.4 is 20.9 Å². The molecule has 0 spiro atoms. The number of alkyl halides is 1. The monoisotopic (exact) mass is 514 g/mol. The van der Waals surface area contributed by atoms with Crippen LogP contribution in [0.3, 0.4) is 0 Å². The molecule has 1 aromatic carbocycles. The number of aromatic nitrogens is 4. The van der Waals surface area contributed by atoms with Gasteiger partial charge in [0.05, 0.1) is 21.8 Å². The highest BCUT2D eigenvalue weighted by molar-refractivity contribution is 6.39. The van der Waals surface area contributed by atoms with E-state index in [2.05, 4.69) is 25.6 Å². The van der Waals surface area contributed by atoms with Gasteiger partial charge in [-0.15, -0.1) is 0 Å². The van der Waals surface area contributed by atoms with Gasteiger partial charge in [-0.05, 0) is 43.3 Å². The highest BCUT2D eigenvalue weighted by atomic mass is 35.5. The van der Waals surface area contributed by atoms with E-state index in [1.54, 1.807) is 49.6 Å². The van der Waals surface area contributed by atoms with Gasteiger partial charge in [-0.2, -0.15) is 4.98 Å². The first-order valence-electron chi connectivity index (χ1n) is 11.0. The van der Waals surface area contributed by atoms with Crippen molar-refractivity contribution in [2.24, 2.45) is 7.05 Å². The highest BCUT2D eigenvalue weighted by Crippen LogP contribution is 2.33. The van der Waals surface area contributed by atoms with E-state index in [-0.39, 0.29) is 18.1 Å². The molecule has 4 aromatic rings. The molecule has 1 saturated heterocycles. The molecule has 180 valence electrons. The molecular weight excluding hydrogens is 494 g/mol. The summed E-state index contributed by atoms with van der Waals surface area (Å²) in [5.41, 5.74) is 0.970. The summed E-state index contributed by atoms with van der Waals surface area (Å²) in [6.07, 6.45) is 2.16. The van der Waals surface area contributed by atoms with Gasteiger partial charge in [0.15, 0.2) is 0 Å². The van der Waals surface area contributed by atoms with Crippen molar-refractivity contribution in [1.29, 1.82) is 0 Å². The van der Waals surface area contributed by atoms with Gasteiger partial charge in [0.25, 0.3) is 5.56 Å².